The van der Waals surface area contributed by atoms with Crippen molar-refractivity contribution in [3.05, 3.63) is 42.0 Å². The lowest BCUT2D eigenvalue weighted by atomic mass is 9.99. The van der Waals surface area contributed by atoms with Gasteiger partial charge in [-0.05, 0) is 23.3 Å². The van der Waals surface area contributed by atoms with E-state index < -0.39 is 12.3 Å². The van der Waals surface area contributed by atoms with Gasteiger partial charge < -0.3 is 9.84 Å². The summed E-state index contributed by atoms with van der Waals surface area (Å²) < 4.78 is 43.9. The first-order chi connectivity index (χ1) is 9.45. The molecule has 2 nitrogen and oxygen atoms in total. The van der Waals surface area contributed by atoms with Crippen LogP contribution in [0.5, 0.6) is 5.75 Å². The van der Waals surface area contributed by atoms with Crippen molar-refractivity contribution in [2.75, 3.05) is 6.61 Å². The topological polar surface area (TPSA) is 29.5 Å². The van der Waals surface area contributed by atoms with Crippen LogP contribution >= 0.6 is 0 Å². The van der Waals surface area contributed by atoms with Gasteiger partial charge in [-0.2, -0.15) is 13.2 Å². The minimum atomic E-state index is -4.73. The SMILES string of the molecule is CCCOc1ccc2ccccc2c1C(O)C(F)(F)F. The molecule has 0 aliphatic rings. The van der Waals surface area contributed by atoms with Gasteiger partial charge in [0.05, 0.1) is 6.61 Å². The quantitative estimate of drug-likeness (QED) is 0.910. The Kier molecular flexibility index (Phi) is 4.18. The molecule has 1 atom stereocenters. The van der Waals surface area contributed by atoms with Crippen LogP contribution in [-0.2, 0) is 0 Å². The van der Waals surface area contributed by atoms with Gasteiger partial charge in [0.1, 0.15) is 5.75 Å². The fraction of sp³-hybridized carbons (Fsp3) is 0.333. The van der Waals surface area contributed by atoms with Crippen molar-refractivity contribution in [2.45, 2.75) is 25.6 Å². The number of benzene rings is 2. The molecule has 1 unspecified atom stereocenters. The number of hydrogen-bond donors (Lipinski definition) is 1. The molecule has 0 aliphatic carbocycles. The molecule has 0 saturated carbocycles. The molecule has 2 aromatic carbocycles. The molecule has 0 spiro atoms. The summed E-state index contributed by atoms with van der Waals surface area (Å²) in [4.78, 5) is 0. The molecule has 5 heteroatoms. The Morgan fingerprint density at radius 1 is 1.15 bits per heavy atom. The van der Waals surface area contributed by atoms with Gasteiger partial charge in [0.15, 0.2) is 6.10 Å². The number of alkyl halides is 3. The molecule has 108 valence electrons. The summed E-state index contributed by atoms with van der Waals surface area (Å²) in [7, 11) is 0. The highest BCUT2D eigenvalue weighted by Gasteiger charge is 2.41. The minimum absolute atomic E-state index is 0.0791. The first-order valence-electron chi connectivity index (χ1n) is 6.34. The second kappa shape index (κ2) is 5.71. The molecule has 2 rings (SSSR count). The van der Waals surface area contributed by atoms with Crippen molar-refractivity contribution in [1.82, 2.24) is 0 Å². The average molecular weight is 284 g/mol. The molecule has 0 fully saturated rings. The van der Waals surface area contributed by atoms with Crippen molar-refractivity contribution in [1.29, 1.82) is 0 Å². The van der Waals surface area contributed by atoms with Crippen molar-refractivity contribution < 1.29 is 23.0 Å². The van der Waals surface area contributed by atoms with E-state index in [4.69, 9.17) is 4.74 Å². The van der Waals surface area contributed by atoms with Gasteiger partial charge in [-0.1, -0.05) is 37.3 Å². The molecule has 20 heavy (non-hydrogen) atoms. The number of ether oxygens (including phenoxy) is 1. The third-order valence-electron chi connectivity index (χ3n) is 2.98. The van der Waals surface area contributed by atoms with E-state index in [0.29, 0.717) is 23.8 Å². The van der Waals surface area contributed by atoms with Crippen LogP contribution in [0.4, 0.5) is 13.2 Å². The molecule has 1 N–H and O–H groups in total. The van der Waals surface area contributed by atoms with E-state index in [1.165, 1.54) is 6.07 Å². The molecular weight excluding hydrogens is 269 g/mol. The Hall–Kier alpha value is -1.75. The lowest BCUT2D eigenvalue weighted by Crippen LogP contribution is -2.21. The van der Waals surface area contributed by atoms with Crippen LogP contribution in [0.3, 0.4) is 0 Å². The summed E-state index contributed by atoms with van der Waals surface area (Å²) in [6.07, 6.45) is -6.61. The van der Waals surface area contributed by atoms with Crippen molar-refractivity contribution >= 4 is 10.8 Å². The number of halogens is 3. The number of fused-ring (bicyclic) bond motifs is 1. The summed E-state index contributed by atoms with van der Waals surface area (Å²) >= 11 is 0. The van der Waals surface area contributed by atoms with E-state index >= 15 is 0 Å². The molecular formula is C15H15F3O2. The number of hydrogen-bond acceptors (Lipinski definition) is 2. The van der Waals surface area contributed by atoms with E-state index in [1.54, 1.807) is 30.3 Å². The number of aliphatic hydroxyl groups is 1. The Morgan fingerprint density at radius 3 is 2.50 bits per heavy atom. The number of aliphatic hydroxyl groups excluding tert-OH is 1. The summed E-state index contributed by atoms with van der Waals surface area (Å²) in [5.74, 6) is 0.0791. The molecule has 0 saturated heterocycles. The second-order valence-corrected chi connectivity index (χ2v) is 4.49. The van der Waals surface area contributed by atoms with E-state index in [9.17, 15) is 18.3 Å². The van der Waals surface area contributed by atoms with Crippen molar-refractivity contribution in [2.24, 2.45) is 0 Å². The normalized spacial score (nSPS) is 13.4. The highest BCUT2D eigenvalue weighted by atomic mass is 19.4. The molecule has 0 heterocycles. The smallest absolute Gasteiger partial charge is 0.418 e. The van der Waals surface area contributed by atoms with Crippen LogP contribution in [0.2, 0.25) is 0 Å². The van der Waals surface area contributed by atoms with Crippen LogP contribution in [0.15, 0.2) is 36.4 Å². The predicted octanol–water partition coefficient (Wildman–Crippen LogP) is 4.22. The molecule has 0 amide bonds. The molecule has 2 aromatic rings. The van der Waals surface area contributed by atoms with Crippen LogP contribution in [0.25, 0.3) is 10.8 Å². The largest absolute Gasteiger partial charge is 0.493 e. The molecule has 0 aliphatic heterocycles. The van der Waals surface area contributed by atoms with Gasteiger partial charge in [-0.25, -0.2) is 0 Å². The van der Waals surface area contributed by atoms with Gasteiger partial charge in [0.2, 0.25) is 0 Å². The molecule has 0 radical (unpaired) electrons. The van der Waals surface area contributed by atoms with E-state index in [-0.39, 0.29) is 11.3 Å². The van der Waals surface area contributed by atoms with E-state index in [2.05, 4.69) is 0 Å². The van der Waals surface area contributed by atoms with E-state index in [0.717, 1.165) is 0 Å². The van der Waals surface area contributed by atoms with Crippen LogP contribution < -0.4 is 4.74 Å². The first-order valence-corrected chi connectivity index (χ1v) is 6.34. The lowest BCUT2D eigenvalue weighted by molar-refractivity contribution is -0.206. The fourth-order valence-electron chi connectivity index (χ4n) is 2.06. The predicted molar refractivity (Wildman–Crippen MR) is 70.7 cm³/mol. The van der Waals surface area contributed by atoms with Gasteiger partial charge in [-0.15, -0.1) is 0 Å². The average Bonchev–Trinajstić information content (AvgIpc) is 2.42. The van der Waals surface area contributed by atoms with Gasteiger partial charge in [0.25, 0.3) is 0 Å². The van der Waals surface area contributed by atoms with E-state index in [1.807, 2.05) is 6.92 Å². The monoisotopic (exact) mass is 284 g/mol. The van der Waals surface area contributed by atoms with Crippen molar-refractivity contribution in [3.8, 4) is 5.75 Å². The van der Waals surface area contributed by atoms with Crippen LogP contribution in [0.1, 0.15) is 25.0 Å². The highest BCUT2D eigenvalue weighted by Crippen LogP contribution is 2.41. The zero-order valence-corrected chi connectivity index (χ0v) is 10.9. The summed E-state index contributed by atoms with van der Waals surface area (Å²) in [5.41, 5.74) is -0.218. The fourth-order valence-corrected chi connectivity index (χ4v) is 2.06. The van der Waals surface area contributed by atoms with Crippen molar-refractivity contribution in [3.63, 3.8) is 0 Å². The van der Waals surface area contributed by atoms with Crippen LogP contribution in [-0.4, -0.2) is 17.9 Å². The van der Waals surface area contributed by atoms with Gasteiger partial charge in [-0.3, -0.25) is 0 Å². The Morgan fingerprint density at radius 2 is 1.85 bits per heavy atom. The summed E-state index contributed by atoms with van der Waals surface area (Å²) in [6.45, 7) is 2.16. The lowest BCUT2D eigenvalue weighted by Gasteiger charge is -2.20. The maximum atomic E-state index is 12.9. The number of rotatable bonds is 4. The Labute approximate surface area is 114 Å². The first kappa shape index (κ1) is 14.7. The van der Waals surface area contributed by atoms with Gasteiger partial charge >= 0.3 is 6.18 Å². The summed E-state index contributed by atoms with van der Waals surface area (Å²) in [6, 6.07) is 9.79. The van der Waals surface area contributed by atoms with Gasteiger partial charge in [0, 0.05) is 5.56 Å². The maximum absolute atomic E-state index is 12.9. The Balaban J connectivity index is 2.61. The minimum Gasteiger partial charge on any atom is -0.493 e. The summed E-state index contributed by atoms with van der Waals surface area (Å²) in [5, 5.41) is 10.6. The standard InChI is InChI=1S/C15H15F3O2/c1-2-9-20-12-8-7-10-5-3-4-6-11(10)13(12)14(19)15(16,17)18/h3-8,14,19H,2,9H2,1H3. The maximum Gasteiger partial charge on any atom is 0.418 e. The third kappa shape index (κ3) is 2.88. The second-order valence-electron chi connectivity index (χ2n) is 4.49. The zero-order valence-electron chi connectivity index (χ0n) is 10.9. The van der Waals surface area contributed by atoms with Crippen LogP contribution in [0, 0.1) is 0 Å². The molecule has 0 aromatic heterocycles. The zero-order chi connectivity index (χ0) is 14.8. The molecule has 0 bridgehead atoms. The highest BCUT2D eigenvalue weighted by molar-refractivity contribution is 5.88. The Bertz CT molecular complexity index is 593. The third-order valence-corrected chi connectivity index (χ3v) is 2.98.